The van der Waals surface area contributed by atoms with Crippen LogP contribution in [-0.4, -0.2) is 24.1 Å². The van der Waals surface area contributed by atoms with Gasteiger partial charge >= 0.3 is 0 Å². The summed E-state index contributed by atoms with van der Waals surface area (Å²) < 4.78 is 12.2. The molecule has 0 aromatic carbocycles. The van der Waals surface area contributed by atoms with E-state index < -0.39 is 6.17 Å². The van der Waals surface area contributed by atoms with Gasteiger partial charge in [0.15, 0.2) is 0 Å². The highest BCUT2D eigenvalue weighted by Crippen LogP contribution is 2.12. The Morgan fingerprint density at radius 3 is 2.43 bits per heavy atom. The maximum Gasteiger partial charge on any atom is 0.126 e. The van der Waals surface area contributed by atoms with Crippen molar-refractivity contribution in [3.05, 3.63) is 0 Å². The van der Waals surface area contributed by atoms with Crippen LogP contribution in [0.1, 0.15) is 0 Å². The molecule has 0 aromatic heterocycles. The van der Waals surface area contributed by atoms with Crippen LogP contribution in [0.15, 0.2) is 0 Å². The lowest BCUT2D eigenvalue weighted by atomic mass is 10.3. The van der Waals surface area contributed by atoms with Gasteiger partial charge in [0.25, 0.3) is 0 Å². The van der Waals surface area contributed by atoms with Crippen LogP contribution in [0.25, 0.3) is 0 Å². The van der Waals surface area contributed by atoms with Crippen molar-refractivity contribution in [2.75, 3.05) is 13.1 Å². The van der Waals surface area contributed by atoms with Crippen molar-refractivity contribution in [2.24, 2.45) is 0 Å². The molecule has 1 saturated heterocycles. The van der Waals surface area contributed by atoms with E-state index in [9.17, 15) is 4.39 Å². The summed E-state index contributed by atoms with van der Waals surface area (Å²) in [5.41, 5.74) is 0. The van der Waals surface area contributed by atoms with Gasteiger partial charge in [-0.25, -0.2) is 4.39 Å². The summed E-state index contributed by atoms with van der Waals surface area (Å²) in [4.78, 5) is 0.0486. The van der Waals surface area contributed by atoms with E-state index in [1.807, 2.05) is 0 Å². The fourth-order valence-electron chi connectivity index (χ4n) is 0.615. The number of rotatable bonds is 0. The molecule has 1 aliphatic rings. The molecular weight excluding hydrogens is 161 g/mol. The van der Waals surface area contributed by atoms with Gasteiger partial charge in [-0.1, -0.05) is 15.9 Å². The number of nitrogens with one attached hydrogen (secondary N) is 1. The van der Waals surface area contributed by atoms with E-state index in [0.29, 0.717) is 6.54 Å². The predicted octanol–water partition coefficient (Wildman–Crippen LogP) is 0.691. The molecule has 0 unspecified atom stereocenters. The third kappa shape index (κ3) is 1.13. The highest BCUT2D eigenvalue weighted by Gasteiger charge is 2.22. The third-order valence-electron chi connectivity index (χ3n) is 1.07. The number of hydrogen-bond acceptors (Lipinski definition) is 1. The Kier molecular flexibility index (Phi) is 1.65. The molecule has 0 amide bonds. The molecule has 2 atom stereocenters. The molecule has 0 radical (unpaired) electrons. The van der Waals surface area contributed by atoms with Crippen LogP contribution in [0, 0.1) is 0 Å². The van der Waals surface area contributed by atoms with Gasteiger partial charge in [0.2, 0.25) is 0 Å². The lowest BCUT2D eigenvalue weighted by molar-refractivity contribution is 0.370. The Hall–Kier alpha value is 0.370. The smallest absolute Gasteiger partial charge is 0.126 e. The van der Waals surface area contributed by atoms with Crippen LogP contribution in [0.3, 0.4) is 0 Å². The highest BCUT2D eigenvalue weighted by atomic mass is 79.9. The van der Waals surface area contributed by atoms with Crippen molar-refractivity contribution >= 4 is 15.9 Å². The van der Waals surface area contributed by atoms with Crippen molar-refractivity contribution in [3.8, 4) is 0 Å². The highest BCUT2D eigenvalue weighted by molar-refractivity contribution is 9.09. The van der Waals surface area contributed by atoms with Crippen molar-refractivity contribution in [2.45, 2.75) is 11.0 Å². The zero-order valence-corrected chi connectivity index (χ0v) is 5.41. The van der Waals surface area contributed by atoms with E-state index in [2.05, 4.69) is 21.2 Å². The Morgan fingerprint density at radius 2 is 2.29 bits per heavy atom. The lowest BCUT2D eigenvalue weighted by Gasteiger charge is -1.97. The zero-order valence-electron chi connectivity index (χ0n) is 3.82. The number of hydrogen-bond donors (Lipinski definition) is 1. The Balaban J connectivity index is 2.33. The van der Waals surface area contributed by atoms with E-state index >= 15 is 0 Å². The summed E-state index contributed by atoms with van der Waals surface area (Å²) in [6.45, 7) is 1.27. The van der Waals surface area contributed by atoms with Crippen molar-refractivity contribution in [1.82, 2.24) is 5.32 Å². The van der Waals surface area contributed by atoms with Crippen LogP contribution in [0.4, 0.5) is 4.39 Å². The topological polar surface area (TPSA) is 12.0 Å². The average Bonchev–Trinajstić information content (AvgIpc) is 1.91. The van der Waals surface area contributed by atoms with E-state index in [1.54, 1.807) is 0 Å². The minimum Gasteiger partial charge on any atom is -0.313 e. The van der Waals surface area contributed by atoms with E-state index in [-0.39, 0.29) is 4.83 Å². The maximum absolute atomic E-state index is 12.2. The minimum atomic E-state index is -0.681. The summed E-state index contributed by atoms with van der Waals surface area (Å²) in [5, 5.41) is 2.90. The summed E-state index contributed by atoms with van der Waals surface area (Å²) in [7, 11) is 0. The van der Waals surface area contributed by atoms with Gasteiger partial charge in [-0.3, -0.25) is 0 Å². The first-order valence-corrected chi connectivity index (χ1v) is 3.21. The van der Waals surface area contributed by atoms with Gasteiger partial charge < -0.3 is 5.32 Å². The Bertz CT molecular complexity index is 60.7. The molecule has 0 aliphatic carbocycles. The first kappa shape index (κ1) is 5.51. The summed E-state index contributed by atoms with van der Waals surface area (Å²) >= 11 is 3.17. The molecule has 0 saturated carbocycles. The van der Waals surface area contributed by atoms with Gasteiger partial charge in [0.05, 0.1) is 4.83 Å². The molecule has 1 rings (SSSR count). The van der Waals surface area contributed by atoms with E-state index in [1.165, 1.54) is 0 Å². The first-order valence-electron chi connectivity index (χ1n) is 2.29. The maximum atomic E-state index is 12.2. The first-order chi connectivity index (χ1) is 3.30. The second kappa shape index (κ2) is 2.09. The van der Waals surface area contributed by atoms with Gasteiger partial charge in [-0.2, -0.15) is 0 Å². The van der Waals surface area contributed by atoms with Gasteiger partial charge in [0, 0.05) is 13.1 Å². The molecule has 1 fully saturated rings. The van der Waals surface area contributed by atoms with Crippen LogP contribution in [-0.2, 0) is 0 Å². The average molecular weight is 168 g/mol. The van der Waals surface area contributed by atoms with Gasteiger partial charge in [-0.05, 0) is 0 Å². The summed E-state index contributed by atoms with van der Waals surface area (Å²) in [6, 6.07) is 0. The molecule has 42 valence electrons. The molecule has 0 aromatic rings. The second-order valence-corrected chi connectivity index (χ2v) is 2.87. The molecule has 3 heteroatoms. The van der Waals surface area contributed by atoms with Gasteiger partial charge in [-0.15, -0.1) is 0 Å². The minimum absolute atomic E-state index is 0.0486. The standard InChI is InChI=1S/C4H7BrFN/c5-3-1-7-2-4(3)6/h3-4,7H,1-2H2/t3-,4+/m0/s1. The normalized spacial score (nSPS) is 42.0. The molecule has 1 aliphatic heterocycles. The fourth-order valence-corrected chi connectivity index (χ4v) is 1.03. The van der Waals surface area contributed by atoms with Crippen molar-refractivity contribution in [1.29, 1.82) is 0 Å². The van der Waals surface area contributed by atoms with Crippen LogP contribution in [0.2, 0.25) is 0 Å². The Morgan fingerprint density at radius 1 is 1.57 bits per heavy atom. The monoisotopic (exact) mass is 167 g/mol. The number of halogens is 2. The molecule has 7 heavy (non-hydrogen) atoms. The van der Waals surface area contributed by atoms with Crippen LogP contribution in [0.5, 0.6) is 0 Å². The molecule has 0 spiro atoms. The third-order valence-corrected chi connectivity index (χ3v) is 1.97. The fraction of sp³-hybridized carbons (Fsp3) is 1.00. The molecule has 1 heterocycles. The Labute approximate surface area is 50.4 Å². The molecule has 1 N–H and O–H groups in total. The second-order valence-electron chi connectivity index (χ2n) is 1.69. The quantitative estimate of drug-likeness (QED) is 0.524. The molecule has 0 bridgehead atoms. The predicted molar refractivity (Wildman–Crippen MR) is 30.5 cm³/mol. The SMILES string of the molecule is F[C@@H]1CNC[C@@H]1Br. The molecule has 1 nitrogen and oxygen atoms in total. The zero-order chi connectivity index (χ0) is 5.28. The van der Waals surface area contributed by atoms with E-state index in [4.69, 9.17) is 0 Å². The van der Waals surface area contributed by atoms with Crippen LogP contribution < -0.4 is 5.32 Å². The van der Waals surface area contributed by atoms with Gasteiger partial charge in [0.1, 0.15) is 6.17 Å². The molecular formula is C4H7BrFN. The largest absolute Gasteiger partial charge is 0.313 e. The number of alkyl halides is 2. The van der Waals surface area contributed by atoms with Crippen molar-refractivity contribution in [3.63, 3.8) is 0 Å². The van der Waals surface area contributed by atoms with Crippen molar-refractivity contribution < 1.29 is 4.39 Å². The van der Waals surface area contributed by atoms with Crippen LogP contribution >= 0.6 is 15.9 Å². The summed E-state index contributed by atoms with van der Waals surface area (Å²) in [5.74, 6) is 0. The van der Waals surface area contributed by atoms with E-state index in [0.717, 1.165) is 6.54 Å². The summed E-state index contributed by atoms with van der Waals surface area (Å²) in [6.07, 6.45) is -0.681. The lowest BCUT2D eigenvalue weighted by Crippen LogP contribution is -2.10.